The molecule has 3 aromatic heterocycles. The summed E-state index contributed by atoms with van der Waals surface area (Å²) in [5.41, 5.74) is 7.46. The Hall–Kier alpha value is -4.36. The summed E-state index contributed by atoms with van der Waals surface area (Å²) in [6.45, 7) is 1.96. The summed E-state index contributed by atoms with van der Waals surface area (Å²) in [6.07, 6.45) is 8.46. The van der Waals surface area contributed by atoms with Gasteiger partial charge in [-0.3, -0.25) is 19.7 Å². The maximum atomic E-state index is 12.4. The zero-order valence-electron chi connectivity index (χ0n) is 21.2. The molecular formula is C31H30N6O. The second kappa shape index (κ2) is 10.9. The first kappa shape index (κ1) is 24.0. The molecule has 0 spiro atoms. The number of benzene rings is 2. The van der Waals surface area contributed by atoms with Gasteiger partial charge < -0.3 is 10.3 Å². The maximum Gasteiger partial charge on any atom is 0.251 e. The standard InChI is InChI=1S/C31H30N6O/c38-31(25-14-17-32-18-15-25)34-19-22-10-12-23(13-11-22)20-37(21-29-35-26-7-1-2-8-27(26)36-29)28-9-3-5-24-6-4-16-33-30(24)28/h1-2,4,6-8,10-18,28H,3,5,9,19-21H2,(H,34,38)(H,35,36). The van der Waals surface area contributed by atoms with Crippen LogP contribution in [0.4, 0.5) is 0 Å². The largest absolute Gasteiger partial charge is 0.348 e. The van der Waals surface area contributed by atoms with E-state index in [-0.39, 0.29) is 11.9 Å². The number of carbonyl (C=O) groups excluding carboxylic acids is 1. The SMILES string of the molecule is O=C(NCc1ccc(CN(Cc2nc3ccccc3[nH]2)C2CCCc3cccnc32)cc1)c1ccncc1. The van der Waals surface area contributed by atoms with Gasteiger partial charge in [-0.15, -0.1) is 0 Å². The number of para-hydroxylation sites is 2. The monoisotopic (exact) mass is 502 g/mol. The lowest BCUT2D eigenvalue weighted by Crippen LogP contribution is -2.31. The number of nitrogens with one attached hydrogen (secondary N) is 2. The van der Waals surface area contributed by atoms with Gasteiger partial charge in [-0.05, 0) is 66.3 Å². The third-order valence-corrected chi connectivity index (χ3v) is 7.20. The van der Waals surface area contributed by atoms with E-state index in [1.54, 1.807) is 24.5 Å². The molecule has 3 heterocycles. The Morgan fingerprint density at radius 2 is 1.74 bits per heavy atom. The Balaban J connectivity index is 1.20. The minimum Gasteiger partial charge on any atom is -0.348 e. The number of H-pyrrole nitrogens is 1. The van der Waals surface area contributed by atoms with Crippen molar-refractivity contribution in [1.29, 1.82) is 0 Å². The quantitative estimate of drug-likeness (QED) is 0.298. The molecule has 1 aliphatic carbocycles. The Morgan fingerprint density at radius 1 is 0.921 bits per heavy atom. The molecule has 0 saturated carbocycles. The second-order valence-electron chi connectivity index (χ2n) is 9.80. The van der Waals surface area contributed by atoms with Crippen LogP contribution >= 0.6 is 0 Å². The summed E-state index contributed by atoms with van der Waals surface area (Å²) < 4.78 is 0. The number of amides is 1. The van der Waals surface area contributed by atoms with Crippen molar-refractivity contribution >= 4 is 16.9 Å². The fourth-order valence-electron chi connectivity index (χ4n) is 5.27. The van der Waals surface area contributed by atoms with Crippen LogP contribution in [0.2, 0.25) is 0 Å². The number of aromatic amines is 1. The second-order valence-corrected chi connectivity index (χ2v) is 9.80. The van der Waals surface area contributed by atoms with Crippen molar-refractivity contribution in [3.8, 4) is 0 Å². The molecule has 1 unspecified atom stereocenters. The van der Waals surface area contributed by atoms with Crippen LogP contribution in [0, 0.1) is 0 Å². The molecule has 2 N–H and O–H groups in total. The van der Waals surface area contributed by atoms with E-state index in [0.29, 0.717) is 18.7 Å². The Labute approximate surface area is 222 Å². The van der Waals surface area contributed by atoms with E-state index in [9.17, 15) is 4.79 Å². The summed E-state index contributed by atoms with van der Waals surface area (Å²) >= 11 is 0. The highest BCUT2D eigenvalue weighted by Crippen LogP contribution is 2.34. The summed E-state index contributed by atoms with van der Waals surface area (Å²) in [5, 5.41) is 2.99. The van der Waals surface area contributed by atoms with Crippen LogP contribution in [0.15, 0.2) is 91.4 Å². The van der Waals surface area contributed by atoms with Crippen molar-refractivity contribution in [2.24, 2.45) is 0 Å². The van der Waals surface area contributed by atoms with Gasteiger partial charge in [0.25, 0.3) is 5.91 Å². The highest BCUT2D eigenvalue weighted by molar-refractivity contribution is 5.93. The van der Waals surface area contributed by atoms with Crippen LogP contribution < -0.4 is 5.32 Å². The van der Waals surface area contributed by atoms with Crippen LogP contribution in [0.5, 0.6) is 0 Å². The molecule has 2 aromatic carbocycles. The lowest BCUT2D eigenvalue weighted by molar-refractivity contribution is 0.0951. The van der Waals surface area contributed by atoms with Crippen LogP contribution in [0.1, 0.15) is 57.5 Å². The predicted octanol–water partition coefficient (Wildman–Crippen LogP) is 5.36. The number of nitrogens with zero attached hydrogens (tertiary/aromatic N) is 4. The van der Waals surface area contributed by atoms with Gasteiger partial charge in [0.2, 0.25) is 0 Å². The molecule has 0 bridgehead atoms. The average Bonchev–Trinajstić information content (AvgIpc) is 3.39. The lowest BCUT2D eigenvalue weighted by atomic mass is 9.90. The van der Waals surface area contributed by atoms with Gasteiger partial charge in [-0.1, -0.05) is 42.5 Å². The zero-order chi connectivity index (χ0) is 25.7. The molecule has 0 aliphatic heterocycles. The number of aryl methyl sites for hydroxylation is 1. The van der Waals surface area contributed by atoms with E-state index in [4.69, 9.17) is 9.97 Å². The van der Waals surface area contributed by atoms with Crippen LogP contribution in [-0.2, 0) is 26.1 Å². The van der Waals surface area contributed by atoms with E-state index in [1.165, 1.54) is 16.8 Å². The summed E-state index contributed by atoms with van der Waals surface area (Å²) in [7, 11) is 0. The van der Waals surface area contributed by atoms with Gasteiger partial charge in [0.15, 0.2) is 0 Å². The smallest absolute Gasteiger partial charge is 0.251 e. The van der Waals surface area contributed by atoms with Gasteiger partial charge >= 0.3 is 0 Å². The summed E-state index contributed by atoms with van der Waals surface area (Å²) in [5.74, 6) is 0.863. The molecule has 0 saturated heterocycles. The molecular weight excluding hydrogens is 472 g/mol. The molecule has 7 nitrogen and oxygen atoms in total. The molecule has 1 amide bonds. The number of aromatic nitrogens is 4. The van der Waals surface area contributed by atoms with E-state index >= 15 is 0 Å². The van der Waals surface area contributed by atoms with Crippen LogP contribution in [0.25, 0.3) is 11.0 Å². The molecule has 6 rings (SSSR count). The summed E-state index contributed by atoms with van der Waals surface area (Å²) in [6, 6.07) is 24.6. The Kier molecular flexibility index (Phi) is 6.91. The number of pyridine rings is 2. The molecule has 190 valence electrons. The minimum absolute atomic E-state index is 0.100. The molecule has 5 aromatic rings. The van der Waals surface area contributed by atoms with Gasteiger partial charge in [0.05, 0.1) is 29.3 Å². The summed E-state index contributed by atoms with van der Waals surface area (Å²) in [4.78, 5) is 32.0. The number of fused-ring (bicyclic) bond motifs is 2. The molecule has 0 fully saturated rings. The van der Waals surface area contributed by atoms with Crippen LogP contribution in [0.3, 0.4) is 0 Å². The van der Waals surface area contributed by atoms with Crippen molar-refractivity contribution in [3.05, 3.63) is 125 Å². The van der Waals surface area contributed by atoms with Crippen molar-refractivity contribution in [3.63, 3.8) is 0 Å². The van der Waals surface area contributed by atoms with E-state index < -0.39 is 0 Å². The zero-order valence-corrected chi connectivity index (χ0v) is 21.2. The first-order valence-corrected chi connectivity index (χ1v) is 13.1. The van der Waals surface area contributed by atoms with E-state index in [2.05, 4.69) is 56.6 Å². The number of carbonyl (C=O) groups is 1. The number of hydrogen-bond acceptors (Lipinski definition) is 5. The Bertz CT molecular complexity index is 1500. The van der Waals surface area contributed by atoms with Crippen molar-refractivity contribution in [2.45, 2.75) is 44.9 Å². The van der Waals surface area contributed by atoms with E-state index in [0.717, 1.165) is 48.2 Å². The molecule has 7 heteroatoms. The number of imidazole rings is 1. The van der Waals surface area contributed by atoms with Gasteiger partial charge in [0.1, 0.15) is 5.82 Å². The lowest BCUT2D eigenvalue weighted by Gasteiger charge is -2.34. The number of rotatable bonds is 8. The Morgan fingerprint density at radius 3 is 2.58 bits per heavy atom. The fraction of sp³-hybridized carbons (Fsp3) is 0.226. The van der Waals surface area contributed by atoms with E-state index in [1.807, 2.05) is 30.5 Å². The molecule has 1 aliphatic rings. The van der Waals surface area contributed by atoms with Gasteiger partial charge in [0, 0.05) is 37.2 Å². The first-order valence-electron chi connectivity index (χ1n) is 13.1. The fourth-order valence-corrected chi connectivity index (χ4v) is 5.27. The predicted molar refractivity (Wildman–Crippen MR) is 147 cm³/mol. The third kappa shape index (κ3) is 5.33. The van der Waals surface area contributed by atoms with Gasteiger partial charge in [-0.25, -0.2) is 4.98 Å². The molecule has 1 atom stereocenters. The maximum absolute atomic E-state index is 12.4. The third-order valence-electron chi connectivity index (χ3n) is 7.20. The normalized spacial score (nSPS) is 14.9. The van der Waals surface area contributed by atoms with Crippen molar-refractivity contribution in [1.82, 2.24) is 30.2 Å². The first-order chi connectivity index (χ1) is 18.7. The molecule has 0 radical (unpaired) electrons. The number of hydrogen-bond donors (Lipinski definition) is 2. The van der Waals surface area contributed by atoms with Crippen molar-refractivity contribution < 1.29 is 4.79 Å². The van der Waals surface area contributed by atoms with Crippen LogP contribution in [-0.4, -0.2) is 30.7 Å². The average molecular weight is 503 g/mol. The van der Waals surface area contributed by atoms with Crippen molar-refractivity contribution in [2.75, 3.05) is 0 Å². The van der Waals surface area contributed by atoms with Gasteiger partial charge in [-0.2, -0.15) is 0 Å². The highest BCUT2D eigenvalue weighted by atomic mass is 16.1. The minimum atomic E-state index is -0.100. The highest BCUT2D eigenvalue weighted by Gasteiger charge is 2.28. The topological polar surface area (TPSA) is 86.8 Å². The molecule has 38 heavy (non-hydrogen) atoms.